The molecule has 3 rings (SSSR count). The van der Waals surface area contributed by atoms with Gasteiger partial charge in [0.15, 0.2) is 5.60 Å². The van der Waals surface area contributed by atoms with Gasteiger partial charge in [0.1, 0.15) is 17.2 Å². The minimum atomic E-state index is -1.16. The van der Waals surface area contributed by atoms with Crippen LogP contribution in [0.1, 0.15) is 51.0 Å². The van der Waals surface area contributed by atoms with Gasteiger partial charge in [-0.05, 0) is 64.2 Å². The molecule has 2 unspecified atom stereocenters. The van der Waals surface area contributed by atoms with Gasteiger partial charge < -0.3 is 23.7 Å². The average molecular weight is 418 g/mol. The lowest BCUT2D eigenvalue weighted by Crippen LogP contribution is -2.37. The van der Waals surface area contributed by atoms with Crippen molar-refractivity contribution in [2.24, 2.45) is 5.92 Å². The van der Waals surface area contributed by atoms with Crippen LogP contribution in [-0.2, 0) is 20.9 Å². The number of ether oxygens (including phenoxy) is 3. The van der Waals surface area contributed by atoms with Crippen LogP contribution in [0.25, 0.3) is 11.5 Å². The molecular formula is C23H31NO6. The summed E-state index contributed by atoms with van der Waals surface area (Å²) in [7, 11) is 1.63. The quantitative estimate of drug-likeness (QED) is 0.637. The Hall–Kier alpha value is -2.38. The van der Waals surface area contributed by atoms with E-state index < -0.39 is 11.6 Å². The molecule has 0 aliphatic heterocycles. The van der Waals surface area contributed by atoms with Crippen LogP contribution >= 0.6 is 0 Å². The number of carboxylic acid groups (broad SMARTS) is 1. The van der Waals surface area contributed by atoms with E-state index in [1.807, 2.05) is 31.2 Å². The lowest BCUT2D eigenvalue weighted by atomic mass is 9.87. The summed E-state index contributed by atoms with van der Waals surface area (Å²) >= 11 is 0. The molecule has 0 amide bonds. The van der Waals surface area contributed by atoms with Crippen LogP contribution < -0.4 is 4.74 Å². The number of methoxy groups -OCH3 is 1. The molecule has 0 radical (unpaired) electrons. The molecule has 1 heterocycles. The maximum absolute atomic E-state index is 11.2. The standard InChI is InChI=1S/C23H31NO6/c1-15-20(24-21(30-15)17-8-6-9-18(12-17)27-4)14-28-19-10-5-7-16(11-19)13-29-23(2,3)22(25)26/h6,8-9,12,16,19H,5,7,10-11,13-14H2,1-4H3,(H,25,26). The highest BCUT2D eigenvalue weighted by molar-refractivity contribution is 5.76. The van der Waals surface area contributed by atoms with Crippen LogP contribution in [0.15, 0.2) is 28.7 Å². The number of rotatable bonds is 9. The first-order chi connectivity index (χ1) is 14.3. The molecule has 1 fully saturated rings. The monoisotopic (exact) mass is 417 g/mol. The van der Waals surface area contributed by atoms with Crippen molar-refractivity contribution in [2.45, 2.75) is 64.8 Å². The van der Waals surface area contributed by atoms with E-state index in [9.17, 15) is 9.90 Å². The normalized spacial score (nSPS) is 19.6. The van der Waals surface area contributed by atoms with E-state index >= 15 is 0 Å². The van der Waals surface area contributed by atoms with E-state index in [-0.39, 0.29) is 6.10 Å². The Labute approximate surface area is 177 Å². The first kappa shape index (κ1) is 22.3. The Kier molecular flexibility index (Phi) is 7.15. The third-order valence-corrected chi connectivity index (χ3v) is 5.59. The van der Waals surface area contributed by atoms with E-state index in [0.29, 0.717) is 25.0 Å². The zero-order chi connectivity index (χ0) is 21.7. The smallest absolute Gasteiger partial charge is 0.335 e. The number of aliphatic carboxylic acids is 1. The molecule has 1 aliphatic rings. The van der Waals surface area contributed by atoms with E-state index in [2.05, 4.69) is 4.98 Å². The zero-order valence-electron chi connectivity index (χ0n) is 18.1. The fourth-order valence-electron chi connectivity index (χ4n) is 3.57. The summed E-state index contributed by atoms with van der Waals surface area (Å²) in [5, 5.41) is 9.20. The molecule has 1 saturated carbocycles. The topological polar surface area (TPSA) is 91.0 Å². The zero-order valence-corrected chi connectivity index (χ0v) is 18.1. The number of nitrogens with zero attached hydrogens (tertiary/aromatic N) is 1. The molecule has 2 aromatic rings. The van der Waals surface area contributed by atoms with Crippen LogP contribution in [0.5, 0.6) is 5.75 Å². The summed E-state index contributed by atoms with van der Waals surface area (Å²) in [6.07, 6.45) is 4.02. The summed E-state index contributed by atoms with van der Waals surface area (Å²) in [6.45, 7) is 5.87. The molecule has 164 valence electrons. The Bertz CT molecular complexity index is 859. The number of oxazole rings is 1. The number of hydrogen-bond donors (Lipinski definition) is 1. The average Bonchev–Trinajstić information content (AvgIpc) is 3.11. The first-order valence-electron chi connectivity index (χ1n) is 10.4. The molecule has 30 heavy (non-hydrogen) atoms. The lowest BCUT2D eigenvalue weighted by molar-refractivity contribution is -0.163. The summed E-state index contributed by atoms with van der Waals surface area (Å²) in [5.74, 6) is 1.40. The molecule has 2 atom stereocenters. The van der Waals surface area contributed by atoms with E-state index in [4.69, 9.17) is 18.6 Å². The largest absolute Gasteiger partial charge is 0.497 e. The second-order valence-corrected chi connectivity index (χ2v) is 8.35. The molecule has 1 aliphatic carbocycles. The van der Waals surface area contributed by atoms with Gasteiger partial charge in [0.25, 0.3) is 0 Å². The number of aromatic nitrogens is 1. The van der Waals surface area contributed by atoms with Crippen molar-refractivity contribution in [1.82, 2.24) is 4.98 Å². The number of benzene rings is 1. The Balaban J connectivity index is 1.55. The number of carboxylic acids is 1. The van der Waals surface area contributed by atoms with Crippen LogP contribution in [0.2, 0.25) is 0 Å². The van der Waals surface area contributed by atoms with Crippen LogP contribution in [-0.4, -0.2) is 41.5 Å². The maximum atomic E-state index is 11.2. The van der Waals surface area contributed by atoms with Gasteiger partial charge in [-0.3, -0.25) is 0 Å². The highest BCUT2D eigenvalue weighted by Crippen LogP contribution is 2.30. The first-order valence-corrected chi connectivity index (χ1v) is 10.4. The highest BCUT2D eigenvalue weighted by Gasteiger charge is 2.31. The minimum absolute atomic E-state index is 0.108. The van der Waals surface area contributed by atoms with Crippen molar-refractivity contribution in [2.75, 3.05) is 13.7 Å². The van der Waals surface area contributed by atoms with E-state index in [0.717, 1.165) is 48.5 Å². The third-order valence-electron chi connectivity index (χ3n) is 5.59. The lowest BCUT2D eigenvalue weighted by Gasteiger charge is -2.31. The van der Waals surface area contributed by atoms with Crippen molar-refractivity contribution in [3.8, 4) is 17.2 Å². The molecule has 7 nitrogen and oxygen atoms in total. The summed E-state index contributed by atoms with van der Waals surface area (Å²) in [5.41, 5.74) is 0.486. The van der Waals surface area contributed by atoms with Gasteiger partial charge in [0.05, 0.1) is 26.4 Å². The highest BCUT2D eigenvalue weighted by atomic mass is 16.5. The SMILES string of the molecule is COc1cccc(-c2nc(COC3CCCC(COC(C)(C)C(=O)O)C3)c(C)o2)c1. The van der Waals surface area contributed by atoms with Gasteiger partial charge >= 0.3 is 5.97 Å². The van der Waals surface area contributed by atoms with Crippen molar-refractivity contribution in [3.63, 3.8) is 0 Å². The predicted octanol–water partition coefficient (Wildman–Crippen LogP) is 4.61. The molecule has 0 saturated heterocycles. The number of hydrogen-bond acceptors (Lipinski definition) is 6. The van der Waals surface area contributed by atoms with E-state index in [1.165, 1.54) is 0 Å². The van der Waals surface area contributed by atoms with Crippen molar-refractivity contribution in [1.29, 1.82) is 0 Å². The second kappa shape index (κ2) is 9.62. The van der Waals surface area contributed by atoms with Gasteiger partial charge in [0.2, 0.25) is 5.89 Å². The third kappa shape index (κ3) is 5.61. The second-order valence-electron chi connectivity index (χ2n) is 8.35. The summed E-state index contributed by atoms with van der Waals surface area (Å²) in [4.78, 5) is 15.8. The number of carbonyl (C=O) groups is 1. The van der Waals surface area contributed by atoms with Crippen molar-refractivity contribution < 1.29 is 28.5 Å². The van der Waals surface area contributed by atoms with Gasteiger partial charge in [-0.1, -0.05) is 12.5 Å². The molecule has 1 N–H and O–H groups in total. The van der Waals surface area contributed by atoms with Gasteiger partial charge in [-0.15, -0.1) is 0 Å². The molecule has 1 aromatic heterocycles. The minimum Gasteiger partial charge on any atom is -0.497 e. The molecule has 0 spiro atoms. The molecule has 1 aromatic carbocycles. The van der Waals surface area contributed by atoms with Gasteiger partial charge in [-0.25, -0.2) is 9.78 Å². The molecule has 0 bridgehead atoms. The fourth-order valence-corrected chi connectivity index (χ4v) is 3.57. The maximum Gasteiger partial charge on any atom is 0.335 e. The number of aryl methyl sites for hydroxylation is 1. The van der Waals surface area contributed by atoms with Crippen molar-refractivity contribution >= 4 is 5.97 Å². The Morgan fingerprint density at radius 1 is 1.33 bits per heavy atom. The molecule has 7 heteroatoms. The van der Waals surface area contributed by atoms with Crippen LogP contribution in [0.3, 0.4) is 0 Å². The molecular weight excluding hydrogens is 386 g/mol. The van der Waals surface area contributed by atoms with Gasteiger partial charge in [-0.2, -0.15) is 0 Å². The van der Waals surface area contributed by atoms with Crippen LogP contribution in [0, 0.1) is 12.8 Å². The Morgan fingerprint density at radius 2 is 2.13 bits per heavy atom. The Morgan fingerprint density at radius 3 is 2.87 bits per heavy atom. The summed E-state index contributed by atoms with van der Waals surface area (Å²) < 4.78 is 22.9. The van der Waals surface area contributed by atoms with Gasteiger partial charge in [0, 0.05) is 5.56 Å². The predicted molar refractivity (Wildman–Crippen MR) is 111 cm³/mol. The van der Waals surface area contributed by atoms with Crippen LogP contribution in [0.4, 0.5) is 0 Å². The fraction of sp³-hybridized carbons (Fsp3) is 0.565. The summed E-state index contributed by atoms with van der Waals surface area (Å²) in [6, 6.07) is 7.60. The van der Waals surface area contributed by atoms with E-state index in [1.54, 1.807) is 21.0 Å². The van der Waals surface area contributed by atoms with Crippen molar-refractivity contribution in [3.05, 3.63) is 35.7 Å².